The van der Waals surface area contributed by atoms with Gasteiger partial charge in [0.1, 0.15) is 12.1 Å². The van der Waals surface area contributed by atoms with Crippen molar-refractivity contribution < 1.29 is 9.59 Å². The SMILES string of the molecule is CNC(=O)c1ccnc2c([C@H](C)CNc3cc(-c4cnc(NCCNC(C)=O)nc4)ncn3)cccc12. The fourth-order valence-corrected chi connectivity index (χ4v) is 3.87. The Hall–Kier alpha value is -4.67. The number of aromatic nitrogens is 5. The molecule has 2 amide bonds. The normalized spacial score (nSPS) is 11.5. The largest absolute Gasteiger partial charge is 0.369 e. The monoisotopic (exact) mass is 499 g/mol. The van der Waals surface area contributed by atoms with Crippen LogP contribution in [0.2, 0.25) is 0 Å². The molecule has 4 aromatic rings. The summed E-state index contributed by atoms with van der Waals surface area (Å²) in [7, 11) is 1.62. The van der Waals surface area contributed by atoms with Gasteiger partial charge in [-0.2, -0.15) is 0 Å². The summed E-state index contributed by atoms with van der Waals surface area (Å²) >= 11 is 0. The van der Waals surface area contributed by atoms with Gasteiger partial charge in [-0.15, -0.1) is 0 Å². The molecule has 1 atom stereocenters. The average Bonchev–Trinajstić information content (AvgIpc) is 2.93. The topological polar surface area (TPSA) is 147 Å². The fraction of sp³-hybridized carbons (Fsp3) is 0.269. The van der Waals surface area contributed by atoms with E-state index >= 15 is 0 Å². The van der Waals surface area contributed by atoms with Crippen molar-refractivity contribution in [3.8, 4) is 11.3 Å². The summed E-state index contributed by atoms with van der Waals surface area (Å²) in [6.07, 6.45) is 6.54. The zero-order chi connectivity index (χ0) is 26.2. The number of nitrogens with zero attached hydrogens (tertiary/aromatic N) is 5. The van der Waals surface area contributed by atoms with Gasteiger partial charge in [-0.05, 0) is 11.6 Å². The zero-order valence-corrected chi connectivity index (χ0v) is 20.9. The number of nitrogens with one attached hydrogen (secondary N) is 4. The molecule has 0 aliphatic rings. The van der Waals surface area contributed by atoms with Gasteiger partial charge in [0.05, 0.1) is 16.8 Å². The minimum absolute atomic E-state index is 0.0791. The Balaban J connectivity index is 1.42. The number of anilines is 2. The van der Waals surface area contributed by atoms with Crippen LogP contribution in [0.15, 0.2) is 55.2 Å². The molecule has 190 valence electrons. The predicted molar refractivity (Wildman–Crippen MR) is 142 cm³/mol. The van der Waals surface area contributed by atoms with Gasteiger partial charge in [0.2, 0.25) is 11.9 Å². The molecule has 0 radical (unpaired) electrons. The second-order valence-electron chi connectivity index (χ2n) is 8.46. The number of carbonyl (C=O) groups excluding carboxylic acids is 2. The van der Waals surface area contributed by atoms with Crippen LogP contribution in [0.3, 0.4) is 0 Å². The maximum Gasteiger partial charge on any atom is 0.251 e. The molecule has 0 saturated heterocycles. The highest BCUT2D eigenvalue weighted by Gasteiger charge is 2.15. The van der Waals surface area contributed by atoms with Crippen LogP contribution in [0.5, 0.6) is 0 Å². The quantitative estimate of drug-likeness (QED) is 0.242. The maximum absolute atomic E-state index is 12.3. The Kier molecular flexibility index (Phi) is 8.14. The van der Waals surface area contributed by atoms with Crippen molar-refractivity contribution in [3.63, 3.8) is 0 Å². The highest BCUT2D eigenvalue weighted by atomic mass is 16.2. The highest BCUT2D eigenvalue weighted by molar-refractivity contribution is 6.06. The van der Waals surface area contributed by atoms with Gasteiger partial charge < -0.3 is 21.3 Å². The molecule has 1 aromatic carbocycles. The number of amides is 2. The first-order valence-corrected chi connectivity index (χ1v) is 11.9. The number of hydrogen-bond donors (Lipinski definition) is 4. The Labute approximate surface area is 214 Å². The van der Waals surface area contributed by atoms with Gasteiger partial charge in [0.25, 0.3) is 5.91 Å². The number of pyridine rings is 1. The van der Waals surface area contributed by atoms with Gasteiger partial charge in [-0.3, -0.25) is 14.6 Å². The Bertz CT molecular complexity index is 1390. The van der Waals surface area contributed by atoms with Crippen molar-refractivity contribution in [1.82, 2.24) is 35.6 Å². The van der Waals surface area contributed by atoms with E-state index in [2.05, 4.69) is 53.1 Å². The first-order valence-electron chi connectivity index (χ1n) is 11.9. The van der Waals surface area contributed by atoms with E-state index in [0.29, 0.717) is 42.7 Å². The molecule has 0 aliphatic heterocycles. The van der Waals surface area contributed by atoms with Crippen LogP contribution < -0.4 is 21.3 Å². The van der Waals surface area contributed by atoms with E-state index in [-0.39, 0.29) is 17.7 Å². The molecule has 3 heterocycles. The third-order valence-electron chi connectivity index (χ3n) is 5.79. The van der Waals surface area contributed by atoms with Crippen molar-refractivity contribution in [1.29, 1.82) is 0 Å². The Morgan fingerprint density at radius 1 is 0.973 bits per heavy atom. The summed E-state index contributed by atoms with van der Waals surface area (Å²) in [5, 5.41) is 12.6. The van der Waals surface area contributed by atoms with Gasteiger partial charge in [0, 0.05) is 75.1 Å². The number of hydrogen-bond acceptors (Lipinski definition) is 9. The van der Waals surface area contributed by atoms with Crippen molar-refractivity contribution in [2.45, 2.75) is 19.8 Å². The molecular formula is C26H29N9O2. The summed E-state index contributed by atoms with van der Waals surface area (Å²) in [4.78, 5) is 45.1. The third-order valence-corrected chi connectivity index (χ3v) is 5.79. The number of para-hydroxylation sites is 1. The minimum Gasteiger partial charge on any atom is -0.369 e. The van der Waals surface area contributed by atoms with Crippen LogP contribution in [-0.2, 0) is 4.79 Å². The lowest BCUT2D eigenvalue weighted by Gasteiger charge is -2.16. The van der Waals surface area contributed by atoms with Gasteiger partial charge in [-0.25, -0.2) is 19.9 Å². The van der Waals surface area contributed by atoms with E-state index in [1.54, 1.807) is 31.7 Å². The van der Waals surface area contributed by atoms with Crippen LogP contribution in [0.25, 0.3) is 22.2 Å². The molecule has 4 N–H and O–H groups in total. The number of benzene rings is 1. The van der Waals surface area contributed by atoms with Crippen molar-refractivity contribution in [2.24, 2.45) is 0 Å². The second-order valence-corrected chi connectivity index (χ2v) is 8.46. The lowest BCUT2D eigenvalue weighted by atomic mass is 9.96. The Morgan fingerprint density at radius 2 is 1.78 bits per heavy atom. The summed E-state index contributed by atoms with van der Waals surface area (Å²) in [6, 6.07) is 9.47. The van der Waals surface area contributed by atoms with E-state index in [0.717, 1.165) is 22.0 Å². The number of rotatable bonds is 10. The number of fused-ring (bicyclic) bond motifs is 1. The maximum atomic E-state index is 12.3. The van der Waals surface area contributed by atoms with E-state index < -0.39 is 0 Å². The molecular weight excluding hydrogens is 470 g/mol. The van der Waals surface area contributed by atoms with Gasteiger partial charge >= 0.3 is 0 Å². The average molecular weight is 500 g/mol. The molecule has 3 aromatic heterocycles. The smallest absolute Gasteiger partial charge is 0.251 e. The fourth-order valence-electron chi connectivity index (χ4n) is 3.87. The van der Waals surface area contributed by atoms with Gasteiger partial charge in [-0.1, -0.05) is 25.1 Å². The summed E-state index contributed by atoms with van der Waals surface area (Å²) in [6.45, 7) is 5.20. The molecule has 0 unspecified atom stereocenters. The highest BCUT2D eigenvalue weighted by Crippen LogP contribution is 2.27. The van der Waals surface area contributed by atoms with Gasteiger partial charge in [0.15, 0.2) is 0 Å². The lowest BCUT2D eigenvalue weighted by Crippen LogP contribution is -2.26. The lowest BCUT2D eigenvalue weighted by molar-refractivity contribution is -0.118. The predicted octanol–water partition coefficient (Wildman–Crippen LogP) is 2.60. The molecule has 4 rings (SSSR count). The molecule has 0 bridgehead atoms. The van der Waals surface area contributed by atoms with E-state index in [1.165, 1.54) is 13.3 Å². The molecule has 0 fully saturated rings. The molecule has 11 heteroatoms. The molecule has 0 saturated carbocycles. The first-order chi connectivity index (χ1) is 18.0. The molecule has 11 nitrogen and oxygen atoms in total. The molecule has 0 spiro atoms. The van der Waals surface area contributed by atoms with Crippen molar-refractivity contribution >= 4 is 34.5 Å². The Morgan fingerprint density at radius 3 is 2.54 bits per heavy atom. The van der Waals surface area contributed by atoms with E-state index in [4.69, 9.17) is 0 Å². The summed E-state index contributed by atoms with van der Waals surface area (Å²) < 4.78 is 0. The van der Waals surface area contributed by atoms with Crippen LogP contribution in [0.1, 0.15) is 35.7 Å². The molecule has 37 heavy (non-hydrogen) atoms. The second kappa shape index (κ2) is 11.8. The number of carbonyl (C=O) groups is 2. The van der Waals surface area contributed by atoms with Crippen molar-refractivity contribution in [3.05, 3.63) is 66.4 Å². The zero-order valence-electron chi connectivity index (χ0n) is 20.9. The minimum atomic E-state index is -0.137. The van der Waals surface area contributed by atoms with Crippen LogP contribution in [0, 0.1) is 0 Å². The first kappa shape index (κ1) is 25.4. The van der Waals surface area contributed by atoms with E-state index in [9.17, 15) is 9.59 Å². The van der Waals surface area contributed by atoms with Crippen molar-refractivity contribution in [2.75, 3.05) is 37.3 Å². The standard InChI is InChI=1S/C26H29N9O2/c1-16(19-5-4-6-20-21(25(37)27-3)7-8-29-24(19)20)12-31-23-11-22(34-15-35-23)18-13-32-26(33-14-18)30-10-9-28-17(2)36/h4-8,11,13-16H,9-10,12H2,1-3H3,(H,27,37)(H,28,36)(H,30,32,33)(H,31,34,35)/t16-/m1/s1. The summed E-state index contributed by atoms with van der Waals surface area (Å²) in [5.74, 6) is 1.03. The summed E-state index contributed by atoms with van der Waals surface area (Å²) in [5.41, 5.74) is 3.90. The van der Waals surface area contributed by atoms with Crippen LogP contribution >= 0.6 is 0 Å². The van der Waals surface area contributed by atoms with E-state index in [1.807, 2.05) is 24.3 Å². The third kappa shape index (κ3) is 6.31. The van der Waals surface area contributed by atoms with Crippen LogP contribution in [0.4, 0.5) is 11.8 Å². The molecule has 0 aliphatic carbocycles. The van der Waals surface area contributed by atoms with Crippen LogP contribution in [-0.4, -0.2) is 63.4 Å².